The summed E-state index contributed by atoms with van der Waals surface area (Å²) >= 11 is 0. The number of nitrogens with one attached hydrogen (secondary N) is 1. The number of amides is 2. The second-order valence-electron chi connectivity index (χ2n) is 8.50. The molecule has 0 spiro atoms. The first-order valence-corrected chi connectivity index (χ1v) is 9.86. The van der Waals surface area contributed by atoms with Gasteiger partial charge in [-0.3, -0.25) is 19.2 Å². The second-order valence-corrected chi connectivity index (χ2v) is 8.50. The lowest BCUT2D eigenvalue weighted by Gasteiger charge is -2.34. The number of hydrogen-bond donors (Lipinski definition) is 1. The van der Waals surface area contributed by atoms with Crippen molar-refractivity contribution < 1.29 is 18.4 Å². The van der Waals surface area contributed by atoms with Crippen LogP contribution >= 0.6 is 0 Å². The van der Waals surface area contributed by atoms with Gasteiger partial charge >= 0.3 is 0 Å². The summed E-state index contributed by atoms with van der Waals surface area (Å²) in [6.45, 7) is 7.77. The van der Waals surface area contributed by atoms with Crippen molar-refractivity contribution in [2.75, 3.05) is 38.0 Å². The van der Waals surface area contributed by atoms with E-state index >= 15 is 0 Å². The maximum absolute atomic E-state index is 13.9. The Morgan fingerprint density at radius 3 is 2.23 bits per heavy atom. The molecule has 0 aliphatic carbocycles. The van der Waals surface area contributed by atoms with Gasteiger partial charge in [-0.25, -0.2) is 8.78 Å². The van der Waals surface area contributed by atoms with Gasteiger partial charge in [0.05, 0.1) is 12.2 Å². The van der Waals surface area contributed by atoms with Gasteiger partial charge in [-0.15, -0.1) is 0 Å². The number of nitrogens with zero attached hydrogens (tertiary/aromatic N) is 4. The molecule has 3 rings (SSSR count). The molecule has 30 heavy (non-hydrogen) atoms. The number of benzene rings is 1. The number of carbonyl (C=O) groups is 2. The third kappa shape index (κ3) is 4.84. The highest BCUT2D eigenvalue weighted by Crippen LogP contribution is 2.23. The van der Waals surface area contributed by atoms with Gasteiger partial charge in [-0.05, 0) is 12.1 Å². The van der Waals surface area contributed by atoms with E-state index in [0.29, 0.717) is 32.0 Å². The molecule has 1 saturated heterocycles. The van der Waals surface area contributed by atoms with Crippen molar-refractivity contribution >= 4 is 17.6 Å². The fourth-order valence-electron chi connectivity index (χ4n) is 3.31. The molecule has 0 radical (unpaired) electrons. The smallest absolute Gasteiger partial charge is 0.259 e. The number of halogens is 2. The number of carbonyl (C=O) groups excluding carboxylic acids is 2. The number of rotatable bonds is 4. The molecule has 7 nitrogen and oxygen atoms in total. The van der Waals surface area contributed by atoms with Crippen LogP contribution < -0.4 is 5.32 Å². The SMILES string of the molecule is Cn1nc(C(C)(C)C)cc1NC(=O)CN1CCN(C(=O)c2c(F)cccc2F)CC1. The first-order chi connectivity index (χ1) is 14.1. The van der Waals surface area contributed by atoms with Crippen LogP contribution in [-0.4, -0.2) is 64.1 Å². The third-order valence-electron chi connectivity index (χ3n) is 5.12. The molecule has 0 unspecified atom stereocenters. The lowest BCUT2D eigenvalue weighted by Crippen LogP contribution is -2.50. The van der Waals surface area contributed by atoms with E-state index in [1.54, 1.807) is 11.7 Å². The molecule has 1 aliphatic heterocycles. The summed E-state index contributed by atoms with van der Waals surface area (Å²) in [5, 5.41) is 7.30. The molecule has 1 fully saturated rings. The summed E-state index contributed by atoms with van der Waals surface area (Å²) in [6.07, 6.45) is 0. The quantitative estimate of drug-likeness (QED) is 0.826. The second kappa shape index (κ2) is 8.51. The van der Waals surface area contributed by atoms with Crippen molar-refractivity contribution in [1.82, 2.24) is 19.6 Å². The van der Waals surface area contributed by atoms with Crippen molar-refractivity contribution in [2.24, 2.45) is 7.05 Å². The Balaban J connectivity index is 1.54. The van der Waals surface area contributed by atoms with Gasteiger partial charge in [0, 0.05) is 44.7 Å². The van der Waals surface area contributed by atoms with Crippen molar-refractivity contribution in [1.29, 1.82) is 0 Å². The summed E-state index contributed by atoms with van der Waals surface area (Å²) in [6, 6.07) is 5.23. The van der Waals surface area contributed by atoms with Gasteiger partial charge in [-0.1, -0.05) is 26.8 Å². The number of aryl methyl sites for hydroxylation is 1. The van der Waals surface area contributed by atoms with E-state index in [0.717, 1.165) is 17.8 Å². The topological polar surface area (TPSA) is 70.5 Å². The Kier molecular flexibility index (Phi) is 6.21. The zero-order chi connectivity index (χ0) is 22.1. The van der Waals surface area contributed by atoms with Gasteiger partial charge in [-0.2, -0.15) is 5.10 Å². The fraction of sp³-hybridized carbons (Fsp3) is 0.476. The summed E-state index contributed by atoms with van der Waals surface area (Å²) in [5.41, 5.74) is 0.226. The highest BCUT2D eigenvalue weighted by molar-refractivity contribution is 5.95. The lowest BCUT2D eigenvalue weighted by atomic mass is 9.92. The molecule has 0 saturated carbocycles. The van der Waals surface area contributed by atoms with Crippen molar-refractivity contribution in [3.8, 4) is 0 Å². The average Bonchev–Trinajstić information content (AvgIpc) is 3.03. The van der Waals surface area contributed by atoms with Crippen LogP contribution in [0.15, 0.2) is 24.3 Å². The van der Waals surface area contributed by atoms with E-state index in [1.807, 2.05) is 11.0 Å². The van der Waals surface area contributed by atoms with Crippen LogP contribution in [0.3, 0.4) is 0 Å². The Bertz CT molecular complexity index is 923. The summed E-state index contributed by atoms with van der Waals surface area (Å²) in [4.78, 5) is 28.2. The van der Waals surface area contributed by atoms with E-state index in [2.05, 4.69) is 31.2 Å². The summed E-state index contributed by atoms with van der Waals surface area (Å²) in [5.74, 6) is -1.97. The fourth-order valence-corrected chi connectivity index (χ4v) is 3.31. The highest BCUT2D eigenvalue weighted by atomic mass is 19.1. The number of piperazine rings is 1. The average molecular weight is 419 g/mol. The normalized spacial score (nSPS) is 15.3. The molecular formula is C21H27F2N5O2. The minimum absolute atomic E-state index is 0.124. The predicted octanol–water partition coefficient (Wildman–Crippen LogP) is 2.39. The lowest BCUT2D eigenvalue weighted by molar-refractivity contribution is -0.117. The Labute approximate surface area is 174 Å². The first-order valence-electron chi connectivity index (χ1n) is 9.86. The Morgan fingerprint density at radius 1 is 1.10 bits per heavy atom. The zero-order valence-corrected chi connectivity index (χ0v) is 17.7. The zero-order valence-electron chi connectivity index (χ0n) is 17.7. The minimum Gasteiger partial charge on any atom is -0.336 e. The highest BCUT2D eigenvalue weighted by Gasteiger charge is 2.27. The summed E-state index contributed by atoms with van der Waals surface area (Å²) < 4.78 is 29.4. The number of anilines is 1. The van der Waals surface area contributed by atoms with Gasteiger partial charge in [0.2, 0.25) is 5.91 Å². The van der Waals surface area contributed by atoms with Gasteiger partial charge in [0.15, 0.2) is 0 Å². The molecule has 9 heteroatoms. The van der Waals surface area contributed by atoms with E-state index in [1.165, 1.54) is 11.0 Å². The standard InChI is InChI=1S/C21H27F2N5O2/c1-21(2,3)16-12-17(26(4)25-16)24-18(29)13-27-8-10-28(11-9-27)20(30)19-14(22)6-5-7-15(19)23/h5-7,12H,8-11,13H2,1-4H3,(H,24,29). The molecule has 0 bridgehead atoms. The third-order valence-corrected chi connectivity index (χ3v) is 5.12. The predicted molar refractivity (Wildman–Crippen MR) is 109 cm³/mol. The van der Waals surface area contributed by atoms with Crippen LogP contribution in [0.2, 0.25) is 0 Å². The summed E-state index contributed by atoms with van der Waals surface area (Å²) in [7, 11) is 1.77. The van der Waals surface area contributed by atoms with Crippen molar-refractivity contribution in [3.63, 3.8) is 0 Å². The molecule has 162 valence electrons. The van der Waals surface area contributed by atoms with Crippen molar-refractivity contribution in [2.45, 2.75) is 26.2 Å². The van der Waals surface area contributed by atoms with Crippen LogP contribution in [0.1, 0.15) is 36.8 Å². The monoisotopic (exact) mass is 419 g/mol. The molecule has 2 heterocycles. The Hall–Kier alpha value is -2.81. The van der Waals surface area contributed by atoms with Crippen LogP contribution in [0.5, 0.6) is 0 Å². The largest absolute Gasteiger partial charge is 0.336 e. The van der Waals surface area contributed by atoms with Gasteiger partial charge in [0.1, 0.15) is 23.0 Å². The first kappa shape index (κ1) is 21.9. The van der Waals surface area contributed by atoms with E-state index in [-0.39, 0.29) is 17.9 Å². The van der Waals surface area contributed by atoms with E-state index in [4.69, 9.17) is 0 Å². The molecule has 1 N–H and O–H groups in total. The molecule has 1 aliphatic rings. The van der Waals surface area contributed by atoms with Crippen LogP contribution in [0.4, 0.5) is 14.6 Å². The molecule has 2 amide bonds. The van der Waals surface area contributed by atoms with Crippen LogP contribution in [0.25, 0.3) is 0 Å². The number of hydrogen-bond acceptors (Lipinski definition) is 4. The molecule has 0 atom stereocenters. The van der Waals surface area contributed by atoms with Crippen LogP contribution in [-0.2, 0) is 17.3 Å². The number of aromatic nitrogens is 2. The van der Waals surface area contributed by atoms with Gasteiger partial charge < -0.3 is 10.2 Å². The Morgan fingerprint density at radius 2 is 1.70 bits per heavy atom. The molecular weight excluding hydrogens is 392 g/mol. The maximum atomic E-state index is 13.9. The molecule has 1 aromatic carbocycles. The maximum Gasteiger partial charge on any atom is 0.259 e. The molecule has 2 aromatic rings. The minimum atomic E-state index is -0.868. The van der Waals surface area contributed by atoms with E-state index in [9.17, 15) is 18.4 Å². The van der Waals surface area contributed by atoms with Crippen LogP contribution in [0, 0.1) is 11.6 Å². The van der Waals surface area contributed by atoms with Gasteiger partial charge in [0.25, 0.3) is 5.91 Å². The molecule has 1 aromatic heterocycles. The van der Waals surface area contributed by atoms with Crippen molar-refractivity contribution in [3.05, 3.63) is 47.2 Å². The van der Waals surface area contributed by atoms with E-state index < -0.39 is 23.1 Å².